The quantitative estimate of drug-likeness (QED) is 0.642. The topological polar surface area (TPSA) is 32.7 Å². The molecule has 1 amide bonds. The molecule has 0 atom stereocenters. The molecule has 2 aromatic rings. The molecule has 0 aliphatic carbocycles. The minimum absolute atomic E-state index is 0.0674. The summed E-state index contributed by atoms with van der Waals surface area (Å²) >= 11 is 6.41. The summed E-state index contributed by atoms with van der Waals surface area (Å²) in [6.07, 6.45) is 1.66. The molecular weight excluding hydrogens is 300 g/mol. The molecule has 1 heterocycles. The average Bonchev–Trinajstić information content (AvgIpc) is 2.85. The van der Waals surface area contributed by atoms with Crippen LogP contribution in [-0.2, 0) is 4.79 Å². The zero-order chi connectivity index (χ0) is 14.7. The van der Waals surface area contributed by atoms with Gasteiger partial charge in [0.1, 0.15) is 0 Å². The lowest BCUT2D eigenvalue weighted by atomic mass is 10.0. The zero-order valence-corrected chi connectivity index (χ0v) is 12.7. The van der Waals surface area contributed by atoms with Crippen molar-refractivity contribution in [3.8, 4) is 11.1 Å². The third-order valence-corrected chi connectivity index (χ3v) is 4.41. The summed E-state index contributed by atoms with van der Waals surface area (Å²) in [5, 5.41) is 5.44. The molecule has 0 aromatic heterocycles. The normalized spacial score (nSPS) is 15.1. The van der Waals surface area contributed by atoms with E-state index in [1.165, 1.54) is 22.3 Å². The van der Waals surface area contributed by atoms with Crippen molar-refractivity contribution in [2.45, 2.75) is 0 Å². The van der Waals surface area contributed by atoms with Gasteiger partial charge in [0.2, 0.25) is 0 Å². The Balaban J connectivity index is 1.76. The van der Waals surface area contributed by atoms with E-state index in [9.17, 15) is 4.79 Å². The number of carbonyl (C=O) groups excluding carboxylic acids is 1. The number of amides is 1. The number of rotatable bonds is 3. The first-order valence-corrected chi connectivity index (χ1v) is 7.82. The summed E-state index contributed by atoms with van der Waals surface area (Å²) in [6.45, 7) is 0. The van der Waals surface area contributed by atoms with Crippen LogP contribution in [0, 0.1) is 0 Å². The fourth-order valence-corrected chi connectivity index (χ4v) is 2.94. The average molecular weight is 312 g/mol. The van der Waals surface area contributed by atoms with Gasteiger partial charge in [-0.3, -0.25) is 4.79 Å². The Labute approximate surface area is 132 Å². The number of hydrogen-bond donors (Lipinski definition) is 0. The lowest BCUT2D eigenvalue weighted by molar-refractivity contribution is -0.123. The highest BCUT2D eigenvalue weighted by molar-refractivity contribution is 8.23. The van der Waals surface area contributed by atoms with Crippen LogP contribution >= 0.6 is 24.0 Å². The van der Waals surface area contributed by atoms with Crippen molar-refractivity contribution in [3.63, 3.8) is 0 Å². The minimum atomic E-state index is -0.0674. The van der Waals surface area contributed by atoms with Crippen molar-refractivity contribution in [2.24, 2.45) is 5.10 Å². The van der Waals surface area contributed by atoms with Crippen LogP contribution in [-0.4, -0.2) is 27.2 Å². The molecule has 104 valence electrons. The lowest BCUT2D eigenvalue weighted by Crippen LogP contribution is -2.22. The molecule has 0 N–H and O–H groups in total. The summed E-state index contributed by atoms with van der Waals surface area (Å²) < 4.78 is 0.511. The van der Waals surface area contributed by atoms with Crippen LogP contribution in [0.5, 0.6) is 0 Å². The van der Waals surface area contributed by atoms with Crippen LogP contribution in [0.25, 0.3) is 11.1 Å². The molecule has 0 radical (unpaired) electrons. The molecule has 1 aliphatic rings. The van der Waals surface area contributed by atoms with Crippen molar-refractivity contribution in [2.75, 3.05) is 5.75 Å². The second-order valence-corrected chi connectivity index (χ2v) is 6.10. The van der Waals surface area contributed by atoms with Crippen molar-refractivity contribution in [1.29, 1.82) is 0 Å². The van der Waals surface area contributed by atoms with Crippen molar-refractivity contribution in [3.05, 3.63) is 60.2 Å². The Morgan fingerprint density at radius 2 is 1.71 bits per heavy atom. The first-order chi connectivity index (χ1) is 10.2. The van der Waals surface area contributed by atoms with E-state index in [1.54, 1.807) is 6.21 Å². The number of hydrazone groups is 1. The van der Waals surface area contributed by atoms with E-state index in [0.29, 0.717) is 10.1 Å². The molecule has 0 spiro atoms. The number of benzene rings is 2. The molecule has 3 nitrogen and oxygen atoms in total. The SMILES string of the molecule is O=C1CSC(=S)N1/N=C/c1ccc(-c2ccccc2)cc1. The van der Waals surface area contributed by atoms with E-state index < -0.39 is 0 Å². The van der Waals surface area contributed by atoms with Gasteiger partial charge in [-0.1, -0.05) is 78.6 Å². The molecule has 1 saturated heterocycles. The van der Waals surface area contributed by atoms with Gasteiger partial charge in [0.15, 0.2) is 4.32 Å². The van der Waals surface area contributed by atoms with Crippen LogP contribution in [0.4, 0.5) is 0 Å². The Morgan fingerprint density at radius 3 is 2.33 bits per heavy atom. The summed E-state index contributed by atoms with van der Waals surface area (Å²) in [5.74, 6) is 0.311. The molecule has 3 rings (SSSR count). The molecule has 1 aliphatic heterocycles. The van der Waals surface area contributed by atoms with E-state index >= 15 is 0 Å². The smallest absolute Gasteiger partial charge is 0.259 e. The summed E-state index contributed by atoms with van der Waals surface area (Å²) in [4.78, 5) is 11.5. The summed E-state index contributed by atoms with van der Waals surface area (Å²) in [5.41, 5.74) is 3.26. The van der Waals surface area contributed by atoms with Crippen molar-refractivity contribution < 1.29 is 4.79 Å². The molecular formula is C16H12N2OS2. The van der Waals surface area contributed by atoms with E-state index in [4.69, 9.17) is 12.2 Å². The van der Waals surface area contributed by atoms with E-state index in [0.717, 1.165) is 11.1 Å². The third-order valence-electron chi connectivity index (χ3n) is 3.07. The monoisotopic (exact) mass is 312 g/mol. The van der Waals surface area contributed by atoms with Crippen LogP contribution in [0.3, 0.4) is 0 Å². The van der Waals surface area contributed by atoms with Crippen LogP contribution in [0.2, 0.25) is 0 Å². The van der Waals surface area contributed by atoms with Gasteiger partial charge in [-0.2, -0.15) is 10.1 Å². The van der Waals surface area contributed by atoms with Crippen molar-refractivity contribution >= 4 is 40.4 Å². The van der Waals surface area contributed by atoms with Crippen LogP contribution in [0.15, 0.2) is 59.7 Å². The fourth-order valence-electron chi connectivity index (χ4n) is 1.98. The molecule has 5 heteroatoms. The Morgan fingerprint density at radius 1 is 1.05 bits per heavy atom. The maximum atomic E-state index is 11.5. The highest BCUT2D eigenvalue weighted by Gasteiger charge is 2.25. The van der Waals surface area contributed by atoms with Gasteiger partial charge in [-0.25, -0.2) is 0 Å². The summed E-state index contributed by atoms with van der Waals surface area (Å²) in [6, 6.07) is 18.2. The second kappa shape index (κ2) is 6.20. The molecule has 0 bridgehead atoms. The Bertz CT molecular complexity index is 680. The van der Waals surface area contributed by atoms with Gasteiger partial charge in [-0.05, 0) is 16.7 Å². The maximum absolute atomic E-state index is 11.5. The number of hydrogen-bond acceptors (Lipinski definition) is 4. The van der Waals surface area contributed by atoms with Gasteiger partial charge in [-0.15, -0.1) is 0 Å². The molecule has 1 fully saturated rings. The molecule has 0 unspecified atom stereocenters. The van der Waals surface area contributed by atoms with Gasteiger partial charge < -0.3 is 0 Å². The van der Waals surface area contributed by atoms with E-state index in [2.05, 4.69) is 17.2 Å². The van der Waals surface area contributed by atoms with Crippen molar-refractivity contribution in [1.82, 2.24) is 5.01 Å². The number of thiocarbonyl (C=S) groups is 1. The highest BCUT2D eigenvalue weighted by Crippen LogP contribution is 2.20. The summed E-state index contributed by atoms with van der Waals surface area (Å²) in [7, 11) is 0. The van der Waals surface area contributed by atoms with Crippen LogP contribution < -0.4 is 0 Å². The largest absolute Gasteiger partial charge is 0.272 e. The second-order valence-electron chi connectivity index (χ2n) is 4.49. The minimum Gasteiger partial charge on any atom is -0.272 e. The predicted molar refractivity (Wildman–Crippen MR) is 91.4 cm³/mol. The van der Waals surface area contributed by atoms with Gasteiger partial charge >= 0.3 is 0 Å². The molecule has 2 aromatic carbocycles. The van der Waals surface area contributed by atoms with E-state index in [-0.39, 0.29) is 5.91 Å². The Hall–Kier alpha value is -1.98. The fraction of sp³-hybridized carbons (Fsp3) is 0.0625. The zero-order valence-electron chi connectivity index (χ0n) is 11.1. The van der Waals surface area contributed by atoms with E-state index in [1.807, 2.05) is 42.5 Å². The predicted octanol–water partition coefficient (Wildman–Crippen LogP) is 3.55. The van der Waals surface area contributed by atoms with Gasteiger partial charge in [0, 0.05) is 0 Å². The van der Waals surface area contributed by atoms with Gasteiger partial charge in [0.25, 0.3) is 5.91 Å². The highest BCUT2D eigenvalue weighted by atomic mass is 32.2. The first-order valence-electron chi connectivity index (χ1n) is 6.43. The third kappa shape index (κ3) is 3.20. The Kier molecular flexibility index (Phi) is 4.13. The maximum Gasteiger partial charge on any atom is 0.259 e. The lowest BCUT2D eigenvalue weighted by Gasteiger charge is -2.06. The standard InChI is InChI=1S/C16H12N2OS2/c19-15-11-21-16(20)18(15)17-10-12-6-8-14(9-7-12)13-4-2-1-3-5-13/h1-10H,11H2/b17-10+. The molecule has 21 heavy (non-hydrogen) atoms. The van der Waals surface area contributed by atoms with Crippen LogP contribution in [0.1, 0.15) is 5.56 Å². The number of thioether (sulfide) groups is 1. The number of nitrogens with zero attached hydrogens (tertiary/aromatic N) is 2. The van der Waals surface area contributed by atoms with Gasteiger partial charge in [0.05, 0.1) is 12.0 Å². The molecule has 0 saturated carbocycles. The first kappa shape index (κ1) is 14.0. The number of carbonyl (C=O) groups is 1.